The Labute approximate surface area is 149 Å². The van der Waals surface area contributed by atoms with E-state index in [2.05, 4.69) is 9.99 Å². The molecular formula is C15H21NO10. The van der Waals surface area contributed by atoms with Crippen LogP contribution in [0.5, 0.6) is 0 Å². The Morgan fingerprint density at radius 1 is 0.885 bits per heavy atom. The van der Waals surface area contributed by atoms with Crippen LogP contribution in [0.15, 0.2) is 5.16 Å². The number of carbonyl (C=O) groups is 4. The number of hydrogen-bond donors (Lipinski definition) is 0. The van der Waals surface area contributed by atoms with Crippen molar-refractivity contribution in [3.8, 4) is 0 Å². The SMILES string of the molecule is CO/N=C1/O[C@H](COC(C)=O)[C@@H](OC(C)=O)[C@H](OC(C)=O)[C@H]1OC(C)=O. The van der Waals surface area contributed by atoms with E-state index in [9.17, 15) is 19.2 Å². The Bertz CT molecular complexity index is 587. The molecule has 1 aliphatic heterocycles. The number of hydrogen-bond acceptors (Lipinski definition) is 11. The van der Waals surface area contributed by atoms with Crippen molar-refractivity contribution in [2.45, 2.75) is 52.1 Å². The topological polar surface area (TPSA) is 136 Å². The van der Waals surface area contributed by atoms with E-state index >= 15 is 0 Å². The van der Waals surface area contributed by atoms with Crippen LogP contribution in [0.4, 0.5) is 0 Å². The molecule has 26 heavy (non-hydrogen) atoms. The fraction of sp³-hybridized carbons (Fsp3) is 0.667. The molecule has 0 spiro atoms. The van der Waals surface area contributed by atoms with Gasteiger partial charge in [-0.1, -0.05) is 0 Å². The number of esters is 4. The number of rotatable bonds is 6. The molecule has 1 aliphatic rings. The van der Waals surface area contributed by atoms with Crippen LogP contribution in [0.2, 0.25) is 0 Å². The van der Waals surface area contributed by atoms with Gasteiger partial charge in [0.05, 0.1) is 0 Å². The van der Waals surface area contributed by atoms with E-state index in [0.29, 0.717) is 0 Å². The minimum atomic E-state index is -1.32. The summed E-state index contributed by atoms with van der Waals surface area (Å²) in [4.78, 5) is 50.2. The lowest BCUT2D eigenvalue weighted by Gasteiger charge is -2.40. The van der Waals surface area contributed by atoms with E-state index in [4.69, 9.17) is 23.7 Å². The average molecular weight is 375 g/mol. The molecule has 0 saturated carbocycles. The first-order valence-corrected chi connectivity index (χ1v) is 7.58. The fourth-order valence-electron chi connectivity index (χ4n) is 2.26. The Morgan fingerprint density at radius 3 is 1.88 bits per heavy atom. The minimum Gasteiger partial charge on any atom is -0.465 e. The van der Waals surface area contributed by atoms with Crippen molar-refractivity contribution in [2.75, 3.05) is 13.7 Å². The van der Waals surface area contributed by atoms with Gasteiger partial charge in [-0.25, -0.2) is 0 Å². The first kappa shape index (κ1) is 21.2. The van der Waals surface area contributed by atoms with Gasteiger partial charge in [-0.05, 0) is 5.16 Å². The van der Waals surface area contributed by atoms with Crippen molar-refractivity contribution in [1.29, 1.82) is 0 Å². The molecule has 0 bridgehead atoms. The van der Waals surface area contributed by atoms with Crippen molar-refractivity contribution in [3.05, 3.63) is 0 Å². The van der Waals surface area contributed by atoms with Crippen molar-refractivity contribution >= 4 is 29.8 Å². The maximum Gasteiger partial charge on any atom is 0.303 e. The maximum atomic E-state index is 11.5. The second-order valence-corrected chi connectivity index (χ2v) is 5.25. The van der Waals surface area contributed by atoms with Crippen molar-refractivity contribution in [3.63, 3.8) is 0 Å². The van der Waals surface area contributed by atoms with Gasteiger partial charge < -0.3 is 28.5 Å². The highest BCUT2D eigenvalue weighted by molar-refractivity contribution is 5.85. The van der Waals surface area contributed by atoms with Crippen LogP contribution in [0.25, 0.3) is 0 Å². The summed E-state index contributed by atoms with van der Waals surface area (Å²) in [5, 5.41) is 3.61. The molecule has 11 heteroatoms. The highest BCUT2D eigenvalue weighted by atomic mass is 16.7. The van der Waals surface area contributed by atoms with Crippen LogP contribution in [0, 0.1) is 0 Å². The molecule has 0 aromatic heterocycles. The van der Waals surface area contributed by atoms with E-state index in [1.807, 2.05) is 0 Å². The molecule has 11 nitrogen and oxygen atoms in total. The van der Waals surface area contributed by atoms with Gasteiger partial charge in [0.25, 0.3) is 5.90 Å². The maximum absolute atomic E-state index is 11.5. The summed E-state index contributed by atoms with van der Waals surface area (Å²) in [5.41, 5.74) is 0. The number of carbonyl (C=O) groups excluding carboxylic acids is 4. The Kier molecular flexibility index (Phi) is 7.81. The van der Waals surface area contributed by atoms with Crippen LogP contribution in [-0.2, 0) is 47.7 Å². The van der Waals surface area contributed by atoms with Crippen LogP contribution >= 0.6 is 0 Å². The lowest BCUT2D eigenvalue weighted by Crippen LogP contribution is -2.60. The smallest absolute Gasteiger partial charge is 0.303 e. The number of ether oxygens (including phenoxy) is 5. The van der Waals surface area contributed by atoms with Gasteiger partial charge in [-0.3, -0.25) is 19.2 Å². The van der Waals surface area contributed by atoms with E-state index in [-0.39, 0.29) is 12.5 Å². The van der Waals surface area contributed by atoms with Gasteiger partial charge in [-0.15, -0.1) is 0 Å². The average Bonchev–Trinajstić information content (AvgIpc) is 2.50. The second-order valence-electron chi connectivity index (χ2n) is 5.25. The molecule has 146 valence electrons. The molecule has 0 radical (unpaired) electrons. The largest absolute Gasteiger partial charge is 0.465 e. The third-order valence-corrected chi connectivity index (χ3v) is 3.03. The summed E-state index contributed by atoms with van der Waals surface area (Å²) in [5.74, 6) is -3.01. The second kappa shape index (κ2) is 9.59. The van der Waals surface area contributed by atoms with E-state index < -0.39 is 48.3 Å². The molecule has 0 aromatic rings. The van der Waals surface area contributed by atoms with Crippen LogP contribution in [0.1, 0.15) is 27.7 Å². The quantitative estimate of drug-likeness (QED) is 0.346. The summed E-state index contributed by atoms with van der Waals surface area (Å²) in [6, 6.07) is 0. The van der Waals surface area contributed by atoms with Gasteiger partial charge in [-0.2, -0.15) is 0 Å². The lowest BCUT2D eigenvalue weighted by atomic mass is 9.98. The molecule has 0 amide bonds. The highest BCUT2D eigenvalue weighted by Crippen LogP contribution is 2.26. The molecule has 0 aromatic carbocycles. The first-order valence-electron chi connectivity index (χ1n) is 7.58. The van der Waals surface area contributed by atoms with Crippen LogP contribution < -0.4 is 0 Å². The molecule has 4 atom stereocenters. The normalized spacial score (nSPS) is 26.3. The zero-order valence-electron chi connectivity index (χ0n) is 15.0. The summed E-state index contributed by atoms with van der Waals surface area (Å²) >= 11 is 0. The van der Waals surface area contributed by atoms with E-state index in [1.54, 1.807) is 0 Å². The van der Waals surface area contributed by atoms with Gasteiger partial charge in [0.15, 0.2) is 18.3 Å². The molecule has 1 heterocycles. The Morgan fingerprint density at radius 2 is 1.42 bits per heavy atom. The Balaban J connectivity index is 3.29. The van der Waals surface area contributed by atoms with Gasteiger partial charge in [0, 0.05) is 27.7 Å². The van der Waals surface area contributed by atoms with Crippen molar-refractivity contribution in [2.24, 2.45) is 5.16 Å². The van der Waals surface area contributed by atoms with Crippen molar-refractivity contribution < 1.29 is 47.7 Å². The summed E-state index contributed by atoms with van der Waals surface area (Å²) in [7, 11) is 1.22. The zero-order valence-corrected chi connectivity index (χ0v) is 15.0. The number of oxime groups is 1. The third kappa shape index (κ3) is 6.22. The molecule has 0 unspecified atom stereocenters. The predicted octanol–water partition coefficient (Wildman–Crippen LogP) is -0.297. The third-order valence-electron chi connectivity index (χ3n) is 3.03. The minimum absolute atomic E-state index is 0.241. The van der Waals surface area contributed by atoms with Gasteiger partial charge in [0.2, 0.25) is 6.10 Å². The molecule has 0 N–H and O–H groups in total. The standard InChI is InChI=1S/C15H21NO10/c1-7(17)22-6-11-12(23-8(2)18)13(24-9(3)19)14(25-10(4)20)15(26-11)16-21-5/h11-14H,6H2,1-5H3/b16-15+/t11-,12-,13+,14-/m1/s1. The predicted molar refractivity (Wildman–Crippen MR) is 82.6 cm³/mol. The summed E-state index contributed by atoms with van der Waals surface area (Å²) in [6.07, 6.45) is -4.92. The Hall–Kier alpha value is -2.85. The monoisotopic (exact) mass is 375 g/mol. The molecular weight excluding hydrogens is 354 g/mol. The summed E-state index contributed by atoms with van der Waals surface area (Å²) < 4.78 is 25.9. The molecule has 1 fully saturated rings. The summed E-state index contributed by atoms with van der Waals surface area (Å²) in [6.45, 7) is 4.23. The zero-order chi connectivity index (χ0) is 19.9. The molecule has 1 saturated heterocycles. The lowest BCUT2D eigenvalue weighted by molar-refractivity contribution is -0.200. The molecule has 0 aliphatic carbocycles. The first-order chi connectivity index (χ1) is 12.1. The van der Waals surface area contributed by atoms with E-state index in [1.165, 1.54) is 14.0 Å². The van der Waals surface area contributed by atoms with Gasteiger partial charge in [0.1, 0.15) is 13.7 Å². The fourth-order valence-corrected chi connectivity index (χ4v) is 2.26. The van der Waals surface area contributed by atoms with E-state index in [0.717, 1.165) is 20.8 Å². The molecule has 1 rings (SSSR count). The number of nitrogens with zero attached hydrogens (tertiary/aromatic N) is 1. The van der Waals surface area contributed by atoms with Crippen LogP contribution in [-0.4, -0.2) is 67.9 Å². The van der Waals surface area contributed by atoms with Gasteiger partial charge >= 0.3 is 23.9 Å². The van der Waals surface area contributed by atoms with Crippen LogP contribution in [0.3, 0.4) is 0 Å². The highest BCUT2D eigenvalue weighted by Gasteiger charge is 2.51. The van der Waals surface area contributed by atoms with Crippen molar-refractivity contribution in [1.82, 2.24) is 0 Å².